The van der Waals surface area contributed by atoms with Gasteiger partial charge in [0.25, 0.3) is 0 Å². The van der Waals surface area contributed by atoms with E-state index >= 15 is 0 Å². The third kappa shape index (κ3) is 7.20. The molecule has 216 valence electrons. The van der Waals surface area contributed by atoms with Gasteiger partial charge < -0.3 is 24.4 Å². The maximum Gasteiger partial charge on any atom is 0.336 e. The maximum absolute atomic E-state index is 13.4. The number of allylic oxidation sites excluding steroid dienone is 2. The molecule has 2 aliphatic rings. The SMILES string of the molecule is COC(=O)C1=C(C)NC(C)=C(C(=O)OCCN2CCN(C(=O)C=Cc3ccc(OC)cc3)CC2)C1c1cccnc1. The van der Waals surface area contributed by atoms with Crippen LogP contribution in [0.4, 0.5) is 0 Å². The van der Waals surface area contributed by atoms with Crippen molar-refractivity contribution in [1.29, 1.82) is 0 Å². The molecular weight excluding hydrogens is 524 g/mol. The Morgan fingerprint density at radius 2 is 1.66 bits per heavy atom. The zero-order valence-electron chi connectivity index (χ0n) is 23.9. The first-order chi connectivity index (χ1) is 19.8. The molecular formula is C31H36N4O6. The lowest BCUT2D eigenvalue weighted by molar-refractivity contribution is -0.140. The quantitative estimate of drug-likeness (QED) is 0.366. The van der Waals surface area contributed by atoms with Crippen molar-refractivity contribution in [2.75, 3.05) is 53.6 Å². The predicted octanol–water partition coefficient (Wildman–Crippen LogP) is 2.90. The first kappa shape index (κ1) is 29.5. The number of nitrogens with zero attached hydrogens (tertiary/aromatic N) is 3. The van der Waals surface area contributed by atoms with Crippen molar-refractivity contribution in [3.8, 4) is 5.75 Å². The molecule has 1 fully saturated rings. The van der Waals surface area contributed by atoms with Crippen molar-refractivity contribution in [1.82, 2.24) is 20.1 Å². The van der Waals surface area contributed by atoms with Gasteiger partial charge in [-0.25, -0.2) is 9.59 Å². The van der Waals surface area contributed by atoms with Crippen LogP contribution in [0.3, 0.4) is 0 Å². The summed E-state index contributed by atoms with van der Waals surface area (Å²) in [4.78, 5) is 46.9. The van der Waals surface area contributed by atoms with Crippen molar-refractivity contribution in [3.63, 3.8) is 0 Å². The summed E-state index contributed by atoms with van der Waals surface area (Å²) in [6, 6.07) is 11.1. The van der Waals surface area contributed by atoms with Crippen LogP contribution in [-0.2, 0) is 23.9 Å². The van der Waals surface area contributed by atoms with E-state index in [1.165, 1.54) is 7.11 Å². The minimum absolute atomic E-state index is 0.0368. The molecule has 2 aromatic rings. The number of amides is 1. The third-order valence-corrected chi connectivity index (χ3v) is 7.26. The van der Waals surface area contributed by atoms with Gasteiger partial charge in [0.05, 0.1) is 31.3 Å². The van der Waals surface area contributed by atoms with E-state index < -0.39 is 17.9 Å². The van der Waals surface area contributed by atoms with Crippen LogP contribution >= 0.6 is 0 Å². The Labute approximate surface area is 240 Å². The van der Waals surface area contributed by atoms with Crippen LogP contribution in [0.1, 0.15) is 30.9 Å². The van der Waals surface area contributed by atoms with Crippen molar-refractivity contribution < 1.29 is 28.6 Å². The first-order valence-electron chi connectivity index (χ1n) is 13.5. The second kappa shape index (κ2) is 13.8. The number of carbonyl (C=O) groups is 3. The molecule has 2 aliphatic heterocycles. The molecule has 1 saturated heterocycles. The summed E-state index contributed by atoms with van der Waals surface area (Å²) in [7, 11) is 2.93. The van der Waals surface area contributed by atoms with Crippen molar-refractivity contribution >= 4 is 23.9 Å². The van der Waals surface area contributed by atoms with Crippen LogP contribution in [0.5, 0.6) is 5.75 Å². The monoisotopic (exact) mass is 560 g/mol. The molecule has 0 saturated carbocycles. The fourth-order valence-electron chi connectivity index (χ4n) is 5.05. The molecule has 1 atom stereocenters. The number of piperazine rings is 1. The molecule has 3 heterocycles. The number of rotatable bonds is 9. The average Bonchev–Trinajstić information content (AvgIpc) is 3.00. The molecule has 10 nitrogen and oxygen atoms in total. The van der Waals surface area contributed by atoms with Crippen LogP contribution in [-0.4, -0.2) is 86.2 Å². The van der Waals surface area contributed by atoms with Gasteiger partial charge in [-0.15, -0.1) is 0 Å². The van der Waals surface area contributed by atoms with Gasteiger partial charge in [0.2, 0.25) is 5.91 Å². The Balaban J connectivity index is 1.31. The summed E-state index contributed by atoms with van der Waals surface area (Å²) >= 11 is 0. The second-order valence-electron chi connectivity index (χ2n) is 9.82. The molecule has 1 unspecified atom stereocenters. The van der Waals surface area contributed by atoms with E-state index in [0.717, 1.165) is 11.3 Å². The Kier molecular flexibility index (Phi) is 9.91. The number of esters is 2. The van der Waals surface area contributed by atoms with Gasteiger partial charge in [0.15, 0.2) is 0 Å². The lowest BCUT2D eigenvalue weighted by atomic mass is 9.81. The number of hydrogen-bond donors (Lipinski definition) is 1. The van der Waals surface area contributed by atoms with Crippen LogP contribution in [0.2, 0.25) is 0 Å². The molecule has 0 spiro atoms. The van der Waals surface area contributed by atoms with Gasteiger partial charge in [-0.3, -0.25) is 14.7 Å². The zero-order valence-corrected chi connectivity index (χ0v) is 23.9. The summed E-state index contributed by atoms with van der Waals surface area (Å²) in [5.74, 6) is -0.956. The van der Waals surface area contributed by atoms with E-state index in [1.54, 1.807) is 51.6 Å². The van der Waals surface area contributed by atoms with E-state index in [-0.39, 0.29) is 12.5 Å². The lowest BCUT2D eigenvalue weighted by Crippen LogP contribution is -2.49. The highest BCUT2D eigenvalue weighted by Crippen LogP contribution is 2.38. The average molecular weight is 561 g/mol. The van der Waals surface area contributed by atoms with Crippen molar-refractivity contribution in [2.45, 2.75) is 19.8 Å². The van der Waals surface area contributed by atoms with E-state index in [4.69, 9.17) is 14.2 Å². The lowest BCUT2D eigenvalue weighted by Gasteiger charge is -2.34. The third-order valence-electron chi connectivity index (χ3n) is 7.26. The van der Waals surface area contributed by atoms with Crippen molar-refractivity contribution in [2.24, 2.45) is 0 Å². The number of methoxy groups -OCH3 is 2. The molecule has 10 heteroatoms. The van der Waals surface area contributed by atoms with E-state index in [2.05, 4.69) is 15.2 Å². The van der Waals surface area contributed by atoms with Gasteiger partial charge in [0, 0.05) is 62.6 Å². The van der Waals surface area contributed by atoms with Crippen LogP contribution in [0, 0.1) is 0 Å². The highest BCUT2D eigenvalue weighted by molar-refractivity contribution is 5.99. The summed E-state index contributed by atoms with van der Waals surface area (Å²) in [6.45, 7) is 6.80. The molecule has 1 aromatic heterocycles. The molecule has 41 heavy (non-hydrogen) atoms. The van der Waals surface area contributed by atoms with E-state index in [1.807, 2.05) is 35.2 Å². The van der Waals surface area contributed by atoms with Crippen LogP contribution in [0.25, 0.3) is 6.08 Å². The van der Waals surface area contributed by atoms with Gasteiger partial charge in [0.1, 0.15) is 12.4 Å². The first-order valence-corrected chi connectivity index (χ1v) is 13.5. The fourth-order valence-corrected chi connectivity index (χ4v) is 5.05. The Morgan fingerprint density at radius 1 is 0.976 bits per heavy atom. The summed E-state index contributed by atoms with van der Waals surface area (Å²) < 4.78 is 15.9. The smallest absolute Gasteiger partial charge is 0.336 e. The molecule has 1 amide bonds. The number of carbonyl (C=O) groups excluding carboxylic acids is 3. The van der Waals surface area contributed by atoms with E-state index in [0.29, 0.717) is 60.8 Å². The predicted molar refractivity (Wildman–Crippen MR) is 154 cm³/mol. The van der Waals surface area contributed by atoms with E-state index in [9.17, 15) is 14.4 Å². The standard InChI is InChI=1S/C31H36N4O6/c1-21-27(30(37)40-4)29(24-6-5-13-32-20-24)28(22(2)33-21)31(38)41-19-18-34-14-16-35(17-15-34)26(36)12-9-23-7-10-25(39-3)11-8-23/h5-13,20,29,33H,14-19H2,1-4H3. The highest BCUT2D eigenvalue weighted by Gasteiger charge is 2.38. The highest BCUT2D eigenvalue weighted by atomic mass is 16.5. The van der Waals surface area contributed by atoms with Crippen LogP contribution in [0.15, 0.2) is 77.4 Å². The summed E-state index contributed by atoms with van der Waals surface area (Å²) in [5.41, 5.74) is 3.55. The fraction of sp³-hybridized carbons (Fsp3) is 0.355. The normalized spacial score (nSPS) is 17.9. The molecule has 4 rings (SSSR count). The Morgan fingerprint density at radius 3 is 2.27 bits per heavy atom. The topological polar surface area (TPSA) is 110 Å². The number of aromatic nitrogens is 1. The molecule has 0 radical (unpaired) electrons. The van der Waals surface area contributed by atoms with Gasteiger partial charge in [-0.2, -0.15) is 0 Å². The summed E-state index contributed by atoms with van der Waals surface area (Å²) in [5, 5.41) is 3.13. The number of benzene rings is 1. The Hall–Kier alpha value is -4.44. The van der Waals surface area contributed by atoms with Crippen LogP contribution < -0.4 is 10.1 Å². The largest absolute Gasteiger partial charge is 0.497 e. The molecule has 0 bridgehead atoms. The van der Waals surface area contributed by atoms with Gasteiger partial charge in [-0.1, -0.05) is 18.2 Å². The van der Waals surface area contributed by atoms with Crippen molar-refractivity contribution in [3.05, 3.63) is 88.5 Å². The van der Waals surface area contributed by atoms with Gasteiger partial charge >= 0.3 is 11.9 Å². The number of ether oxygens (including phenoxy) is 3. The minimum atomic E-state index is -0.662. The maximum atomic E-state index is 13.4. The van der Waals surface area contributed by atoms with Gasteiger partial charge in [-0.05, 0) is 49.2 Å². The molecule has 0 aliphatic carbocycles. The second-order valence-corrected chi connectivity index (χ2v) is 9.82. The number of dihydropyridines is 1. The number of pyridine rings is 1. The minimum Gasteiger partial charge on any atom is -0.497 e. The molecule has 1 N–H and O–H groups in total. The zero-order chi connectivity index (χ0) is 29.4. The number of nitrogens with one attached hydrogen (secondary N) is 1. The Bertz CT molecular complexity index is 1340. The molecule has 1 aromatic carbocycles. The number of hydrogen-bond acceptors (Lipinski definition) is 9. The summed E-state index contributed by atoms with van der Waals surface area (Å²) in [6.07, 6.45) is 6.66.